The Balaban J connectivity index is 1.38. The maximum absolute atomic E-state index is 13.3. The zero-order chi connectivity index (χ0) is 23.1. The summed E-state index contributed by atoms with van der Waals surface area (Å²) in [5.74, 6) is 0.193. The molecule has 2 aliphatic rings. The van der Waals surface area contributed by atoms with Gasteiger partial charge in [-0.15, -0.1) is 0 Å². The van der Waals surface area contributed by atoms with Gasteiger partial charge in [-0.25, -0.2) is 0 Å². The molecule has 1 amide bonds. The Hall–Kier alpha value is -3.46. The van der Waals surface area contributed by atoms with Crippen LogP contribution < -0.4 is 5.56 Å². The van der Waals surface area contributed by atoms with Gasteiger partial charge in [0.15, 0.2) is 0 Å². The van der Waals surface area contributed by atoms with E-state index in [9.17, 15) is 19.7 Å². The molecular weight excluding hydrogens is 424 g/mol. The van der Waals surface area contributed by atoms with Crippen LogP contribution in [0.25, 0.3) is 10.9 Å². The van der Waals surface area contributed by atoms with E-state index in [1.807, 2.05) is 29.3 Å². The van der Waals surface area contributed by atoms with Crippen molar-refractivity contribution in [1.29, 1.82) is 0 Å². The van der Waals surface area contributed by atoms with Crippen LogP contribution in [0.15, 0.2) is 47.4 Å². The average molecular weight is 450 g/mol. The minimum absolute atomic E-state index is 0.0120. The number of fused-ring (bicyclic) bond motifs is 5. The van der Waals surface area contributed by atoms with Crippen molar-refractivity contribution < 1.29 is 14.5 Å². The van der Waals surface area contributed by atoms with Crippen molar-refractivity contribution in [3.63, 3.8) is 0 Å². The highest BCUT2D eigenvalue weighted by Crippen LogP contribution is 2.36. The summed E-state index contributed by atoms with van der Waals surface area (Å²) in [6, 6.07) is 11.0. The zero-order valence-corrected chi connectivity index (χ0v) is 18.5. The molecule has 0 saturated carbocycles. The number of hydrogen-bond acceptors (Lipinski definition) is 5. The van der Waals surface area contributed by atoms with Crippen LogP contribution in [-0.2, 0) is 29.0 Å². The fourth-order valence-corrected chi connectivity index (χ4v) is 5.39. The van der Waals surface area contributed by atoms with Crippen LogP contribution in [0.1, 0.15) is 23.6 Å². The monoisotopic (exact) mass is 450 g/mol. The molecule has 4 heterocycles. The van der Waals surface area contributed by atoms with Crippen LogP contribution in [0.4, 0.5) is 5.69 Å². The third-order valence-electron chi connectivity index (χ3n) is 6.88. The Morgan fingerprint density at radius 2 is 2.00 bits per heavy atom. The van der Waals surface area contributed by atoms with E-state index in [0.717, 1.165) is 35.1 Å². The molecule has 1 saturated heterocycles. The smallest absolute Gasteiger partial charge is 0.334 e. The van der Waals surface area contributed by atoms with E-state index < -0.39 is 16.2 Å². The fourth-order valence-electron chi connectivity index (χ4n) is 5.39. The van der Waals surface area contributed by atoms with Gasteiger partial charge in [-0.1, -0.05) is 18.2 Å². The Morgan fingerprint density at radius 3 is 2.79 bits per heavy atom. The van der Waals surface area contributed by atoms with Gasteiger partial charge in [0.05, 0.1) is 18.0 Å². The van der Waals surface area contributed by atoms with Gasteiger partial charge >= 0.3 is 11.2 Å². The number of pyridine rings is 1. The molecule has 0 aliphatic carbocycles. The van der Waals surface area contributed by atoms with Crippen LogP contribution >= 0.6 is 0 Å². The molecule has 172 valence electrons. The van der Waals surface area contributed by atoms with Gasteiger partial charge in [0.25, 0.3) is 0 Å². The quantitative estimate of drug-likeness (QED) is 0.425. The van der Waals surface area contributed by atoms with Crippen molar-refractivity contribution in [2.75, 3.05) is 26.8 Å². The summed E-state index contributed by atoms with van der Waals surface area (Å²) in [5, 5.41) is 12.2. The Morgan fingerprint density at radius 1 is 1.18 bits per heavy atom. The summed E-state index contributed by atoms with van der Waals surface area (Å²) in [6.07, 6.45) is 3.24. The Labute approximate surface area is 190 Å². The number of methoxy groups -OCH3 is 1. The van der Waals surface area contributed by atoms with Crippen LogP contribution in [0.5, 0.6) is 0 Å². The van der Waals surface area contributed by atoms with Crippen LogP contribution in [0.2, 0.25) is 0 Å². The lowest BCUT2D eigenvalue weighted by Crippen LogP contribution is -2.49. The normalized spacial score (nSPS) is 19.5. The number of amides is 1. The number of likely N-dealkylation sites (tertiary alicyclic amines) is 1. The molecule has 2 unspecified atom stereocenters. The van der Waals surface area contributed by atoms with Gasteiger partial charge in [-0.3, -0.25) is 19.7 Å². The maximum Gasteiger partial charge on any atom is 0.334 e. The molecule has 1 fully saturated rings. The third-order valence-corrected chi connectivity index (χ3v) is 6.88. The summed E-state index contributed by atoms with van der Waals surface area (Å²) in [6.45, 7) is 2.81. The van der Waals surface area contributed by atoms with Crippen molar-refractivity contribution >= 4 is 22.5 Å². The zero-order valence-electron chi connectivity index (χ0n) is 18.5. The fraction of sp³-hybridized carbons (Fsp3) is 0.417. The molecule has 9 nitrogen and oxygen atoms in total. The van der Waals surface area contributed by atoms with Gasteiger partial charge in [-0.2, -0.15) is 0 Å². The molecule has 2 aromatic heterocycles. The van der Waals surface area contributed by atoms with Crippen molar-refractivity contribution in [2.24, 2.45) is 5.92 Å². The molecule has 5 rings (SSSR count). The highest BCUT2D eigenvalue weighted by atomic mass is 16.6. The van der Waals surface area contributed by atoms with Crippen LogP contribution in [0.3, 0.4) is 0 Å². The van der Waals surface area contributed by atoms with E-state index in [1.54, 1.807) is 17.7 Å². The number of nitrogens with zero attached hydrogens (tertiary/aromatic N) is 4. The minimum atomic E-state index is -0.626. The van der Waals surface area contributed by atoms with Gasteiger partial charge < -0.3 is 18.8 Å². The molecule has 33 heavy (non-hydrogen) atoms. The molecular formula is C24H26N4O5. The van der Waals surface area contributed by atoms with Crippen LogP contribution in [0, 0.1) is 16.0 Å². The highest BCUT2D eigenvalue weighted by molar-refractivity contribution is 5.89. The van der Waals surface area contributed by atoms with Crippen molar-refractivity contribution in [3.8, 4) is 0 Å². The van der Waals surface area contributed by atoms with Gasteiger partial charge in [0, 0.05) is 68.1 Å². The summed E-state index contributed by atoms with van der Waals surface area (Å²) in [5.41, 5.74) is 1.93. The van der Waals surface area contributed by atoms with Gasteiger partial charge in [0.1, 0.15) is 0 Å². The molecule has 2 bridgehead atoms. The Bertz CT molecular complexity index is 1290. The molecule has 0 N–H and O–H groups in total. The largest absolute Gasteiger partial charge is 0.383 e. The third kappa shape index (κ3) is 3.82. The molecule has 0 spiro atoms. The number of hydrogen-bond donors (Lipinski definition) is 0. The Kier molecular flexibility index (Phi) is 5.49. The topological polar surface area (TPSA) is 99.6 Å². The molecule has 2 atom stereocenters. The predicted octanol–water partition coefficient (Wildman–Crippen LogP) is 2.55. The molecule has 3 aromatic rings. The van der Waals surface area contributed by atoms with Crippen molar-refractivity contribution in [3.05, 3.63) is 74.3 Å². The number of benzene rings is 1. The number of piperidine rings is 1. The lowest BCUT2D eigenvalue weighted by atomic mass is 9.83. The summed E-state index contributed by atoms with van der Waals surface area (Å²) in [4.78, 5) is 38.3. The number of ether oxygens (including phenoxy) is 1. The van der Waals surface area contributed by atoms with Crippen molar-refractivity contribution in [2.45, 2.75) is 31.8 Å². The van der Waals surface area contributed by atoms with E-state index >= 15 is 0 Å². The lowest BCUT2D eigenvalue weighted by Gasteiger charge is -2.42. The molecule has 0 radical (unpaired) electrons. The molecule has 9 heteroatoms. The van der Waals surface area contributed by atoms with Gasteiger partial charge in [0.2, 0.25) is 5.91 Å². The number of carbonyl (C=O) groups excluding carboxylic acids is 1. The summed E-state index contributed by atoms with van der Waals surface area (Å²) < 4.78 is 8.89. The first-order valence-electron chi connectivity index (χ1n) is 11.2. The van der Waals surface area contributed by atoms with E-state index in [0.29, 0.717) is 32.7 Å². The standard InChI is InChI=1S/C24H26N4O5/c1-33-9-8-25-14-17(19-4-2-3-5-21(19)25)11-23(29)26-12-16-10-18(15-26)20-6-7-22(28(31)32)24(30)27(20)13-16/h2-7,14,16,18H,8-13,15H2,1H3. The van der Waals surface area contributed by atoms with E-state index in [-0.39, 0.29) is 17.7 Å². The van der Waals surface area contributed by atoms with Crippen molar-refractivity contribution in [1.82, 2.24) is 14.0 Å². The minimum Gasteiger partial charge on any atom is -0.383 e. The SMILES string of the molecule is COCCn1cc(CC(=O)N2CC3CC(C2)c2ccc([N+](=O)[O-])c(=O)n2C3)c2ccccc21. The van der Waals surface area contributed by atoms with E-state index in [4.69, 9.17) is 4.74 Å². The predicted molar refractivity (Wildman–Crippen MR) is 122 cm³/mol. The van der Waals surface area contributed by atoms with Gasteiger partial charge in [-0.05, 0) is 30.0 Å². The first-order chi connectivity index (χ1) is 16.0. The first-order valence-corrected chi connectivity index (χ1v) is 11.2. The number of carbonyl (C=O) groups is 1. The average Bonchev–Trinajstić information content (AvgIpc) is 3.15. The van der Waals surface area contributed by atoms with E-state index in [1.165, 1.54) is 6.07 Å². The highest BCUT2D eigenvalue weighted by Gasteiger charge is 2.37. The van der Waals surface area contributed by atoms with Crippen LogP contribution in [-0.4, -0.2) is 51.7 Å². The van der Waals surface area contributed by atoms with E-state index in [2.05, 4.69) is 10.6 Å². The number of rotatable bonds is 6. The second kappa shape index (κ2) is 8.47. The number of aromatic nitrogens is 2. The number of para-hydroxylation sites is 1. The second-order valence-electron chi connectivity index (χ2n) is 8.95. The second-order valence-corrected chi connectivity index (χ2v) is 8.95. The molecule has 1 aromatic carbocycles. The summed E-state index contributed by atoms with van der Waals surface area (Å²) in [7, 11) is 1.67. The summed E-state index contributed by atoms with van der Waals surface area (Å²) >= 11 is 0. The molecule has 2 aliphatic heterocycles. The lowest BCUT2D eigenvalue weighted by molar-refractivity contribution is -0.386. The number of nitro groups is 1. The first kappa shape index (κ1) is 21.4. The maximum atomic E-state index is 13.3.